The molecule has 0 radical (unpaired) electrons. The van der Waals surface area contributed by atoms with E-state index in [2.05, 4.69) is 36.8 Å². The van der Waals surface area contributed by atoms with E-state index in [1.165, 1.54) is 0 Å². The van der Waals surface area contributed by atoms with Crippen LogP contribution in [0.25, 0.3) is 0 Å². The zero-order valence-electron chi connectivity index (χ0n) is 10.9. The number of carboxylic acid groups (broad SMARTS) is 1. The van der Waals surface area contributed by atoms with E-state index < -0.39 is 11.4 Å². The maximum absolute atomic E-state index is 11.6. The third kappa shape index (κ3) is 2.90. The Balaban J connectivity index is 2.07. The fourth-order valence-electron chi connectivity index (χ4n) is 2.63. The molecule has 1 fully saturated rings. The van der Waals surface area contributed by atoms with Crippen LogP contribution in [0.3, 0.4) is 0 Å². The lowest BCUT2D eigenvalue weighted by molar-refractivity contribution is -0.151. The first-order valence-corrected chi connectivity index (χ1v) is 7.83. The van der Waals surface area contributed by atoms with Crippen LogP contribution in [0.2, 0.25) is 0 Å². The molecular formula is C13H17Br2NO3. The van der Waals surface area contributed by atoms with Crippen molar-refractivity contribution in [2.75, 3.05) is 13.1 Å². The largest absolute Gasteiger partial charge is 0.481 e. The number of halogens is 2. The van der Waals surface area contributed by atoms with E-state index in [-0.39, 0.29) is 5.92 Å². The molecule has 0 spiro atoms. The number of hydrogen-bond donors (Lipinski definition) is 1. The van der Waals surface area contributed by atoms with E-state index in [9.17, 15) is 9.90 Å². The molecule has 1 saturated heterocycles. The lowest BCUT2D eigenvalue weighted by Gasteiger charge is -2.28. The standard InChI is InChI=1S/C13H17Br2NO3/c1-8(2)13(12(17)18)3-4-16(7-13)6-9-5-10(14)11(15)19-9/h5,8H,3-4,6-7H2,1-2H3,(H,17,18). The van der Waals surface area contributed by atoms with Crippen molar-refractivity contribution in [1.29, 1.82) is 0 Å². The fourth-order valence-corrected chi connectivity index (χ4v) is 3.29. The average Bonchev–Trinajstić information content (AvgIpc) is 2.85. The van der Waals surface area contributed by atoms with Gasteiger partial charge in [0.1, 0.15) is 5.76 Å². The molecular weight excluding hydrogens is 378 g/mol. The van der Waals surface area contributed by atoms with Gasteiger partial charge in [0, 0.05) is 6.54 Å². The number of furan rings is 1. The van der Waals surface area contributed by atoms with Crippen molar-refractivity contribution in [2.24, 2.45) is 11.3 Å². The molecule has 0 saturated carbocycles. The average molecular weight is 395 g/mol. The number of carboxylic acids is 1. The lowest BCUT2D eigenvalue weighted by Crippen LogP contribution is -2.39. The van der Waals surface area contributed by atoms with E-state index in [1.807, 2.05) is 19.9 Å². The van der Waals surface area contributed by atoms with Gasteiger partial charge in [-0.3, -0.25) is 9.69 Å². The van der Waals surface area contributed by atoms with Crippen LogP contribution in [0.5, 0.6) is 0 Å². The summed E-state index contributed by atoms with van der Waals surface area (Å²) in [7, 11) is 0. The molecule has 1 atom stereocenters. The van der Waals surface area contributed by atoms with Crippen LogP contribution >= 0.6 is 31.9 Å². The first-order chi connectivity index (χ1) is 8.85. The quantitative estimate of drug-likeness (QED) is 0.845. The Morgan fingerprint density at radius 1 is 1.58 bits per heavy atom. The summed E-state index contributed by atoms with van der Waals surface area (Å²) in [6.45, 7) is 5.98. The molecule has 1 aliphatic rings. The van der Waals surface area contributed by atoms with Gasteiger partial charge in [-0.1, -0.05) is 13.8 Å². The smallest absolute Gasteiger partial charge is 0.311 e. The molecule has 106 valence electrons. The van der Waals surface area contributed by atoms with E-state index >= 15 is 0 Å². The molecule has 6 heteroatoms. The maximum atomic E-state index is 11.6. The first kappa shape index (κ1) is 15.1. The van der Waals surface area contributed by atoms with Crippen LogP contribution in [-0.2, 0) is 11.3 Å². The van der Waals surface area contributed by atoms with E-state index in [4.69, 9.17) is 4.42 Å². The van der Waals surface area contributed by atoms with Crippen LogP contribution in [-0.4, -0.2) is 29.1 Å². The SMILES string of the molecule is CC(C)C1(C(=O)O)CCN(Cc2cc(Br)c(Br)o2)C1. The number of likely N-dealkylation sites (tertiary alicyclic amines) is 1. The fraction of sp³-hybridized carbons (Fsp3) is 0.615. The molecule has 1 aliphatic heterocycles. The number of nitrogens with zero attached hydrogens (tertiary/aromatic N) is 1. The second kappa shape index (κ2) is 5.58. The molecule has 0 aromatic carbocycles. The third-order valence-electron chi connectivity index (χ3n) is 3.99. The molecule has 0 aliphatic carbocycles. The van der Waals surface area contributed by atoms with Crippen LogP contribution in [0.15, 0.2) is 19.6 Å². The second-order valence-corrected chi connectivity index (χ2v) is 6.99. The highest BCUT2D eigenvalue weighted by molar-refractivity contribution is 9.13. The predicted molar refractivity (Wildman–Crippen MR) is 78.9 cm³/mol. The van der Waals surface area contributed by atoms with E-state index in [0.717, 1.165) is 16.8 Å². The van der Waals surface area contributed by atoms with Gasteiger partial charge in [0.2, 0.25) is 0 Å². The van der Waals surface area contributed by atoms with Crippen molar-refractivity contribution >= 4 is 37.8 Å². The van der Waals surface area contributed by atoms with Crippen LogP contribution in [0.1, 0.15) is 26.0 Å². The summed E-state index contributed by atoms with van der Waals surface area (Å²) in [5, 5.41) is 9.50. The zero-order chi connectivity index (χ0) is 14.2. The summed E-state index contributed by atoms with van der Waals surface area (Å²) < 4.78 is 7.11. The summed E-state index contributed by atoms with van der Waals surface area (Å²) in [5.41, 5.74) is -0.624. The van der Waals surface area contributed by atoms with Crippen molar-refractivity contribution in [3.63, 3.8) is 0 Å². The number of carbonyl (C=O) groups is 1. The normalized spacial score (nSPS) is 24.3. The molecule has 1 aromatic heterocycles. The Morgan fingerprint density at radius 2 is 2.26 bits per heavy atom. The topological polar surface area (TPSA) is 53.7 Å². The highest BCUT2D eigenvalue weighted by Crippen LogP contribution is 2.39. The summed E-state index contributed by atoms with van der Waals surface area (Å²) in [6, 6.07) is 1.92. The Kier molecular flexibility index (Phi) is 4.42. The molecule has 0 bridgehead atoms. The molecule has 1 unspecified atom stereocenters. The van der Waals surface area contributed by atoms with Crippen molar-refractivity contribution in [2.45, 2.75) is 26.8 Å². The summed E-state index contributed by atoms with van der Waals surface area (Å²) in [4.78, 5) is 13.7. The monoisotopic (exact) mass is 393 g/mol. The Hall–Kier alpha value is -0.330. The number of aliphatic carboxylic acids is 1. The highest BCUT2D eigenvalue weighted by Gasteiger charge is 2.47. The maximum Gasteiger partial charge on any atom is 0.311 e. The molecule has 1 aromatic rings. The minimum absolute atomic E-state index is 0.130. The van der Waals surface area contributed by atoms with Gasteiger partial charge in [-0.15, -0.1) is 0 Å². The molecule has 4 nitrogen and oxygen atoms in total. The highest BCUT2D eigenvalue weighted by atomic mass is 79.9. The number of rotatable bonds is 4. The zero-order valence-corrected chi connectivity index (χ0v) is 14.1. The molecule has 2 rings (SSSR count). The van der Waals surface area contributed by atoms with E-state index in [0.29, 0.717) is 24.2 Å². The Labute approximate surface area is 129 Å². The Morgan fingerprint density at radius 3 is 2.68 bits per heavy atom. The van der Waals surface area contributed by atoms with Gasteiger partial charge in [0.25, 0.3) is 0 Å². The van der Waals surface area contributed by atoms with Gasteiger partial charge in [0.15, 0.2) is 4.67 Å². The van der Waals surface area contributed by atoms with Crippen molar-refractivity contribution in [1.82, 2.24) is 4.90 Å². The van der Waals surface area contributed by atoms with Gasteiger partial charge < -0.3 is 9.52 Å². The minimum atomic E-state index is -0.688. The van der Waals surface area contributed by atoms with Crippen LogP contribution in [0, 0.1) is 11.3 Å². The molecule has 19 heavy (non-hydrogen) atoms. The molecule has 0 amide bonds. The Bertz CT molecular complexity index is 467. The van der Waals surface area contributed by atoms with Crippen molar-refractivity contribution in [3.05, 3.63) is 21.0 Å². The summed E-state index contributed by atoms with van der Waals surface area (Å²) in [6.07, 6.45) is 0.697. The third-order valence-corrected chi connectivity index (χ3v) is 5.70. The lowest BCUT2D eigenvalue weighted by atomic mass is 9.76. The van der Waals surface area contributed by atoms with Crippen molar-refractivity contribution in [3.8, 4) is 0 Å². The second-order valence-electron chi connectivity index (χ2n) is 5.41. The molecule has 2 heterocycles. The van der Waals surface area contributed by atoms with Gasteiger partial charge in [-0.25, -0.2) is 0 Å². The predicted octanol–water partition coefficient (Wildman–Crippen LogP) is 3.74. The molecule has 1 N–H and O–H groups in total. The van der Waals surface area contributed by atoms with Crippen LogP contribution in [0.4, 0.5) is 0 Å². The van der Waals surface area contributed by atoms with Gasteiger partial charge in [-0.2, -0.15) is 0 Å². The van der Waals surface area contributed by atoms with Crippen LogP contribution < -0.4 is 0 Å². The van der Waals surface area contributed by atoms with Crippen molar-refractivity contribution < 1.29 is 14.3 Å². The summed E-state index contributed by atoms with van der Waals surface area (Å²) >= 11 is 6.69. The van der Waals surface area contributed by atoms with Gasteiger partial charge in [0.05, 0.1) is 16.4 Å². The summed E-state index contributed by atoms with van der Waals surface area (Å²) in [5.74, 6) is 0.278. The first-order valence-electron chi connectivity index (χ1n) is 6.24. The minimum Gasteiger partial charge on any atom is -0.481 e. The number of hydrogen-bond acceptors (Lipinski definition) is 3. The van der Waals surface area contributed by atoms with Gasteiger partial charge >= 0.3 is 5.97 Å². The van der Waals surface area contributed by atoms with E-state index in [1.54, 1.807) is 0 Å². The van der Waals surface area contributed by atoms with Gasteiger partial charge in [-0.05, 0) is 56.8 Å².